The van der Waals surface area contributed by atoms with E-state index in [2.05, 4.69) is 15.3 Å². The molecule has 8 heteroatoms. The highest BCUT2D eigenvalue weighted by atomic mass is 16.5. The molecule has 146 valence electrons. The molecule has 1 heterocycles. The van der Waals surface area contributed by atoms with E-state index >= 15 is 0 Å². The summed E-state index contributed by atoms with van der Waals surface area (Å²) in [5.74, 6) is -0.714. The van der Waals surface area contributed by atoms with E-state index < -0.39 is 18.5 Å². The second-order valence-corrected chi connectivity index (χ2v) is 6.20. The lowest BCUT2D eigenvalue weighted by Gasteiger charge is -2.10. The van der Waals surface area contributed by atoms with Gasteiger partial charge >= 0.3 is 5.97 Å². The lowest BCUT2D eigenvalue weighted by Crippen LogP contribution is -2.29. The molecule has 0 aliphatic heterocycles. The van der Waals surface area contributed by atoms with Crippen molar-refractivity contribution in [3.8, 4) is 6.07 Å². The van der Waals surface area contributed by atoms with E-state index in [0.717, 1.165) is 0 Å². The molecular weight excluding hydrogens is 372 g/mol. The quantitative estimate of drug-likeness (QED) is 0.467. The number of amides is 1. The molecule has 0 aliphatic carbocycles. The summed E-state index contributed by atoms with van der Waals surface area (Å²) in [6.45, 7) is -0.242. The summed E-state index contributed by atoms with van der Waals surface area (Å²) in [7, 11) is 0. The predicted octanol–water partition coefficient (Wildman–Crippen LogP) is 1.70. The standard InChI is InChI=1S/C21H18N4O4/c22-10-5-11-23-19(26)13-29-21(28)15-7-2-1-6-14(15)12-18-24-17-9-4-3-8-16(17)20(27)25-18/h1-4,6-9H,5,11-13H2,(H,23,26)(H,24,25,27). The van der Waals surface area contributed by atoms with Crippen LogP contribution in [0.25, 0.3) is 10.9 Å². The molecule has 1 aromatic heterocycles. The monoisotopic (exact) mass is 390 g/mol. The molecule has 0 saturated carbocycles. The first-order chi connectivity index (χ1) is 14.1. The Bertz CT molecular complexity index is 1150. The Balaban J connectivity index is 1.74. The number of benzene rings is 2. The first kappa shape index (κ1) is 19.8. The van der Waals surface area contributed by atoms with Gasteiger partial charge < -0.3 is 15.0 Å². The average Bonchev–Trinajstić information content (AvgIpc) is 2.73. The molecule has 0 fully saturated rings. The van der Waals surface area contributed by atoms with Gasteiger partial charge in [-0.05, 0) is 23.8 Å². The molecule has 1 amide bonds. The molecule has 2 N–H and O–H groups in total. The largest absolute Gasteiger partial charge is 0.452 e. The molecule has 0 aliphatic rings. The van der Waals surface area contributed by atoms with Crippen LogP contribution in [0.15, 0.2) is 53.3 Å². The van der Waals surface area contributed by atoms with Crippen LogP contribution in [-0.4, -0.2) is 35.0 Å². The van der Waals surface area contributed by atoms with Gasteiger partial charge in [0, 0.05) is 13.0 Å². The molecule has 3 aromatic rings. The van der Waals surface area contributed by atoms with Crippen molar-refractivity contribution in [3.05, 3.63) is 75.8 Å². The van der Waals surface area contributed by atoms with E-state index in [9.17, 15) is 14.4 Å². The number of hydrogen-bond acceptors (Lipinski definition) is 6. The molecule has 0 bridgehead atoms. The van der Waals surface area contributed by atoms with E-state index in [-0.39, 0.29) is 30.5 Å². The van der Waals surface area contributed by atoms with Crippen molar-refractivity contribution in [1.29, 1.82) is 5.26 Å². The number of fused-ring (bicyclic) bond motifs is 1. The SMILES string of the molecule is N#CCCNC(=O)COC(=O)c1ccccc1Cc1nc2ccccc2c(=O)[nH]1. The van der Waals surface area contributed by atoms with Gasteiger partial charge in [-0.1, -0.05) is 30.3 Å². The van der Waals surface area contributed by atoms with Crippen LogP contribution >= 0.6 is 0 Å². The number of H-pyrrole nitrogens is 1. The second-order valence-electron chi connectivity index (χ2n) is 6.20. The van der Waals surface area contributed by atoms with E-state index in [1.165, 1.54) is 0 Å². The van der Waals surface area contributed by atoms with Crippen molar-refractivity contribution in [2.75, 3.05) is 13.2 Å². The first-order valence-corrected chi connectivity index (χ1v) is 8.95. The number of aromatic amines is 1. The van der Waals surface area contributed by atoms with Crippen LogP contribution in [0.3, 0.4) is 0 Å². The van der Waals surface area contributed by atoms with Crippen molar-refractivity contribution in [2.45, 2.75) is 12.8 Å². The maximum atomic E-state index is 12.4. The zero-order valence-corrected chi connectivity index (χ0v) is 15.5. The van der Waals surface area contributed by atoms with E-state index in [0.29, 0.717) is 22.3 Å². The van der Waals surface area contributed by atoms with Crippen molar-refractivity contribution in [3.63, 3.8) is 0 Å². The van der Waals surface area contributed by atoms with Gasteiger partial charge in [0.25, 0.3) is 11.5 Å². The van der Waals surface area contributed by atoms with Crippen LogP contribution in [0, 0.1) is 11.3 Å². The minimum absolute atomic E-state index is 0.180. The van der Waals surface area contributed by atoms with E-state index in [4.69, 9.17) is 10.00 Å². The van der Waals surface area contributed by atoms with Gasteiger partial charge in [0.15, 0.2) is 6.61 Å². The molecule has 0 radical (unpaired) electrons. The highest BCUT2D eigenvalue weighted by Gasteiger charge is 2.15. The minimum atomic E-state index is -0.654. The normalized spacial score (nSPS) is 10.3. The smallest absolute Gasteiger partial charge is 0.338 e. The summed E-state index contributed by atoms with van der Waals surface area (Å²) in [5.41, 5.74) is 1.22. The molecule has 0 atom stereocenters. The Morgan fingerprint density at radius 3 is 2.72 bits per heavy atom. The molecule has 29 heavy (non-hydrogen) atoms. The first-order valence-electron chi connectivity index (χ1n) is 8.95. The van der Waals surface area contributed by atoms with Gasteiger partial charge in [0.2, 0.25) is 0 Å². The summed E-state index contributed by atoms with van der Waals surface area (Å²) >= 11 is 0. The van der Waals surface area contributed by atoms with Crippen molar-refractivity contribution in [1.82, 2.24) is 15.3 Å². The van der Waals surface area contributed by atoms with Gasteiger partial charge in [-0.15, -0.1) is 0 Å². The Morgan fingerprint density at radius 1 is 1.14 bits per heavy atom. The summed E-state index contributed by atoms with van der Waals surface area (Å²) in [6.07, 6.45) is 0.402. The second kappa shape index (κ2) is 9.28. The molecule has 3 rings (SSSR count). The molecular formula is C21H18N4O4. The third-order valence-corrected chi connectivity index (χ3v) is 4.15. The number of ether oxygens (including phenoxy) is 1. The maximum absolute atomic E-state index is 12.4. The zero-order valence-electron chi connectivity index (χ0n) is 15.5. The number of para-hydroxylation sites is 1. The lowest BCUT2D eigenvalue weighted by molar-refractivity contribution is -0.124. The van der Waals surface area contributed by atoms with Crippen molar-refractivity contribution >= 4 is 22.8 Å². The highest BCUT2D eigenvalue weighted by molar-refractivity contribution is 5.92. The van der Waals surface area contributed by atoms with Crippen molar-refractivity contribution in [2.24, 2.45) is 0 Å². The number of esters is 1. The van der Waals surface area contributed by atoms with Gasteiger partial charge in [0.1, 0.15) is 5.82 Å². The van der Waals surface area contributed by atoms with Gasteiger partial charge in [-0.3, -0.25) is 9.59 Å². The van der Waals surface area contributed by atoms with Crippen LogP contribution < -0.4 is 10.9 Å². The summed E-state index contributed by atoms with van der Waals surface area (Å²) in [5, 5.41) is 11.4. The lowest BCUT2D eigenvalue weighted by atomic mass is 10.0. The van der Waals surface area contributed by atoms with Gasteiger partial charge in [-0.2, -0.15) is 5.26 Å². The number of nitrogens with zero attached hydrogens (tertiary/aromatic N) is 2. The van der Waals surface area contributed by atoms with Crippen LogP contribution in [0.4, 0.5) is 0 Å². The summed E-state index contributed by atoms with van der Waals surface area (Å²) < 4.78 is 5.07. The fourth-order valence-corrected chi connectivity index (χ4v) is 2.79. The molecule has 0 saturated heterocycles. The predicted molar refractivity (Wildman–Crippen MR) is 105 cm³/mol. The third kappa shape index (κ3) is 5.05. The average molecular weight is 390 g/mol. The molecule has 2 aromatic carbocycles. The molecule has 8 nitrogen and oxygen atoms in total. The number of carbonyl (C=O) groups is 2. The molecule has 0 unspecified atom stereocenters. The topological polar surface area (TPSA) is 125 Å². The van der Waals surface area contributed by atoms with Crippen LogP contribution in [0.2, 0.25) is 0 Å². The van der Waals surface area contributed by atoms with E-state index in [1.807, 2.05) is 6.07 Å². The van der Waals surface area contributed by atoms with E-state index in [1.54, 1.807) is 48.5 Å². The van der Waals surface area contributed by atoms with Gasteiger partial charge in [-0.25, -0.2) is 9.78 Å². The van der Waals surface area contributed by atoms with Gasteiger partial charge in [0.05, 0.1) is 29.0 Å². The number of hydrogen-bond donors (Lipinski definition) is 2. The summed E-state index contributed by atoms with van der Waals surface area (Å²) in [4.78, 5) is 43.5. The highest BCUT2D eigenvalue weighted by Crippen LogP contribution is 2.15. The van der Waals surface area contributed by atoms with Crippen LogP contribution in [0.5, 0.6) is 0 Å². The summed E-state index contributed by atoms with van der Waals surface area (Å²) in [6, 6.07) is 15.7. The van der Waals surface area contributed by atoms with Crippen molar-refractivity contribution < 1.29 is 14.3 Å². The fraction of sp³-hybridized carbons (Fsp3) is 0.190. The van der Waals surface area contributed by atoms with Crippen LogP contribution in [0.1, 0.15) is 28.2 Å². The number of nitrogens with one attached hydrogen (secondary N) is 2. The minimum Gasteiger partial charge on any atom is -0.452 e. The van der Waals surface area contributed by atoms with Crippen LogP contribution in [-0.2, 0) is 16.0 Å². The number of carbonyl (C=O) groups excluding carboxylic acids is 2. The Kier molecular flexibility index (Phi) is 6.32. The Labute approximate surface area is 166 Å². The number of aromatic nitrogens is 2. The Morgan fingerprint density at radius 2 is 1.90 bits per heavy atom. The number of rotatable bonds is 7. The molecule has 0 spiro atoms. The fourth-order valence-electron chi connectivity index (χ4n) is 2.79. The Hall–Kier alpha value is -3.99. The zero-order chi connectivity index (χ0) is 20.6. The maximum Gasteiger partial charge on any atom is 0.338 e. The number of nitriles is 1. The third-order valence-electron chi connectivity index (χ3n) is 4.15.